The molecule has 4 unspecified atom stereocenters. The van der Waals surface area contributed by atoms with E-state index >= 15 is 0 Å². The molecule has 0 bridgehead atoms. The SMILES string of the molecule is CSCCC(NC(=O)C(N)Cc1c[nH]c2ccccc12)C(=O)NC(CCCN=C(N)N)C(=O)NC(Cc1ccccc1)C(=O)O. The van der Waals surface area contributed by atoms with Crippen LogP contribution < -0.4 is 33.2 Å². The van der Waals surface area contributed by atoms with E-state index in [2.05, 4.69) is 25.9 Å². The van der Waals surface area contributed by atoms with Gasteiger partial charge in [0.2, 0.25) is 17.7 Å². The van der Waals surface area contributed by atoms with Gasteiger partial charge in [-0.15, -0.1) is 0 Å². The summed E-state index contributed by atoms with van der Waals surface area (Å²) in [6.45, 7) is 0.198. The highest BCUT2D eigenvalue weighted by Crippen LogP contribution is 2.19. The first-order valence-electron chi connectivity index (χ1n) is 14.6. The normalized spacial score (nSPS) is 13.6. The van der Waals surface area contributed by atoms with Crippen LogP contribution in [0.25, 0.3) is 10.9 Å². The monoisotopic (exact) mass is 638 g/mol. The summed E-state index contributed by atoms with van der Waals surface area (Å²) in [5.74, 6) is -2.56. The van der Waals surface area contributed by atoms with Crippen LogP contribution in [0.5, 0.6) is 0 Å². The molecule has 0 spiro atoms. The Balaban J connectivity index is 1.71. The Kier molecular flexibility index (Phi) is 13.7. The summed E-state index contributed by atoms with van der Waals surface area (Å²) in [6, 6.07) is 12.3. The van der Waals surface area contributed by atoms with Crippen LogP contribution in [-0.2, 0) is 32.0 Å². The number of carbonyl (C=O) groups is 4. The molecule has 4 atom stereocenters. The molecule has 45 heavy (non-hydrogen) atoms. The summed E-state index contributed by atoms with van der Waals surface area (Å²) >= 11 is 1.50. The molecule has 242 valence electrons. The van der Waals surface area contributed by atoms with Gasteiger partial charge in [0.1, 0.15) is 18.1 Å². The summed E-state index contributed by atoms with van der Waals surface area (Å²) in [5.41, 5.74) is 19.6. The van der Waals surface area contributed by atoms with Crippen molar-refractivity contribution in [2.75, 3.05) is 18.6 Å². The van der Waals surface area contributed by atoms with Crippen molar-refractivity contribution in [1.82, 2.24) is 20.9 Å². The zero-order valence-corrected chi connectivity index (χ0v) is 26.0. The highest BCUT2D eigenvalue weighted by molar-refractivity contribution is 7.98. The summed E-state index contributed by atoms with van der Waals surface area (Å²) in [7, 11) is 0. The molecule has 0 aliphatic heterocycles. The van der Waals surface area contributed by atoms with Crippen molar-refractivity contribution in [1.29, 1.82) is 0 Å². The molecule has 3 aromatic rings. The molecule has 0 fully saturated rings. The van der Waals surface area contributed by atoms with Crippen LogP contribution in [0.15, 0.2) is 65.8 Å². The minimum absolute atomic E-state index is 0.0529. The maximum absolute atomic E-state index is 13.5. The Morgan fingerprint density at radius 1 is 0.867 bits per heavy atom. The lowest BCUT2D eigenvalue weighted by Crippen LogP contribution is -2.57. The molecule has 0 aliphatic carbocycles. The van der Waals surface area contributed by atoms with Crippen LogP contribution >= 0.6 is 11.8 Å². The van der Waals surface area contributed by atoms with Crippen molar-refractivity contribution in [2.45, 2.75) is 56.3 Å². The number of aliphatic carboxylic acids is 1. The number of carboxylic acids is 1. The first kappa shape index (κ1) is 34.9. The molecule has 0 saturated heterocycles. The Hall–Kier alpha value is -4.56. The van der Waals surface area contributed by atoms with E-state index in [0.29, 0.717) is 12.2 Å². The topological polar surface area (TPSA) is 231 Å². The molecular formula is C31H42N8O5S. The molecular weight excluding hydrogens is 596 g/mol. The summed E-state index contributed by atoms with van der Waals surface area (Å²) < 4.78 is 0. The van der Waals surface area contributed by atoms with Gasteiger partial charge in [0.15, 0.2) is 5.96 Å². The van der Waals surface area contributed by atoms with Crippen LogP contribution in [0, 0.1) is 0 Å². The summed E-state index contributed by atoms with van der Waals surface area (Å²) in [5, 5.41) is 18.8. The first-order chi connectivity index (χ1) is 21.6. The van der Waals surface area contributed by atoms with Gasteiger partial charge in [0.05, 0.1) is 6.04 Å². The van der Waals surface area contributed by atoms with E-state index in [1.165, 1.54) is 11.8 Å². The smallest absolute Gasteiger partial charge is 0.326 e. The van der Waals surface area contributed by atoms with Gasteiger partial charge in [0.25, 0.3) is 0 Å². The van der Waals surface area contributed by atoms with Crippen LogP contribution in [0.4, 0.5) is 0 Å². The quantitative estimate of drug-likeness (QED) is 0.0554. The fraction of sp³-hybridized carbons (Fsp3) is 0.387. The molecule has 3 rings (SSSR count). The lowest BCUT2D eigenvalue weighted by Gasteiger charge is -2.25. The second kappa shape index (κ2) is 17.7. The van der Waals surface area contributed by atoms with Crippen molar-refractivity contribution < 1.29 is 24.3 Å². The molecule has 1 heterocycles. The molecule has 11 N–H and O–H groups in total. The van der Waals surface area contributed by atoms with E-state index in [9.17, 15) is 24.3 Å². The number of nitrogens with zero attached hydrogens (tertiary/aromatic N) is 1. The third-order valence-electron chi connectivity index (χ3n) is 7.17. The largest absolute Gasteiger partial charge is 0.480 e. The van der Waals surface area contributed by atoms with Gasteiger partial charge in [-0.1, -0.05) is 48.5 Å². The van der Waals surface area contributed by atoms with Crippen molar-refractivity contribution in [3.8, 4) is 0 Å². The van der Waals surface area contributed by atoms with Gasteiger partial charge < -0.3 is 43.2 Å². The Bertz CT molecular complexity index is 1460. The number of amides is 3. The van der Waals surface area contributed by atoms with Crippen LogP contribution in [0.2, 0.25) is 0 Å². The third-order valence-corrected chi connectivity index (χ3v) is 7.81. The number of aromatic nitrogens is 1. The Morgan fingerprint density at radius 2 is 1.49 bits per heavy atom. The van der Waals surface area contributed by atoms with E-state index in [-0.39, 0.29) is 38.2 Å². The van der Waals surface area contributed by atoms with Crippen molar-refractivity contribution in [3.05, 3.63) is 71.9 Å². The molecule has 0 saturated carbocycles. The minimum Gasteiger partial charge on any atom is -0.480 e. The van der Waals surface area contributed by atoms with Gasteiger partial charge >= 0.3 is 5.97 Å². The second-order valence-electron chi connectivity index (χ2n) is 10.6. The predicted octanol–water partition coefficient (Wildman–Crippen LogP) is 0.626. The fourth-order valence-electron chi connectivity index (χ4n) is 4.78. The van der Waals surface area contributed by atoms with Gasteiger partial charge in [0, 0.05) is 30.1 Å². The number of carboxylic acid groups (broad SMARTS) is 1. The third kappa shape index (κ3) is 11.1. The number of thioether (sulfide) groups is 1. The molecule has 0 radical (unpaired) electrons. The maximum Gasteiger partial charge on any atom is 0.326 e. The number of aromatic amines is 1. The van der Waals surface area contributed by atoms with E-state index in [1.807, 2.05) is 36.7 Å². The van der Waals surface area contributed by atoms with Crippen molar-refractivity contribution >= 4 is 52.3 Å². The Labute approximate surface area is 266 Å². The van der Waals surface area contributed by atoms with Gasteiger partial charge in [-0.25, -0.2) is 4.79 Å². The number of nitrogens with two attached hydrogens (primary N) is 3. The van der Waals surface area contributed by atoms with Crippen molar-refractivity contribution in [2.24, 2.45) is 22.2 Å². The Morgan fingerprint density at radius 3 is 2.16 bits per heavy atom. The number of para-hydroxylation sites is 1. The lowest BCUT2D eigenvalue weighted by atomic mass is 10.0. The van der Waals surface area contributed by atoms with Gasteiger partial charge in [-0.05, 0) is 54.9 Å². The highest BCUT2D eigenvalue weighted by Gasteiger charge is 2.30. The summed E-state index contributed by atoms with van der Waals surface area (Å²) in [6.07, 6.45) is 4.71. The summed E-state index contributed by atoms with van der Waals surface area (Å²) in [4.78, 5) is 59.1. The standard InChI is InChI=1S/C31H42N8O5S/c1-45-15-13-25(37-27(40)22(32)17-20-18-36-23-11-6-5-10-21(20)23)29(42)38-24(12-7-14-35-31(33)34)28(41)39-26(30(43)44)16-19-8-3-2-4-9-19/h2-6,8-11,18,22,24-26,36H,7,12-17,32H2,1H3,(H,37,40)(H,38,42)(H,39,41)(H,43,44)(H4,33,34,35). The number of nitrogens with one attached hydrogen (secondary N) is 4. The average Bonchev–Trinajstić information content (AvgIpc) is 3.42. The number of carbonyl (C=O) groups excluding carboxylic acids is 3. The fourth-order valence-corrected chi connectivity index (χ4v) is 5.25. The molecule has 14 heteroatoms. The molecule has 3 amide bonds. The maximum atomic E-state index is 13.5. The first-order valence-corrected chi connectivity index (χ1v) is 16.0. The van der Waals surface area contributed by atoms with Gasteiger partial charge in [-0.3, -0.25) is 19.4 Å². The predicted molar refractivity (Wildman–Crippen MR) is 176 cm³/mol. The number of benzene rings is 2. The number of H-pyrrole nitrogens is 1. The highest BCUT2D eigenvalue weighted by atomic mass is 32.2. The average molecular weight is 639 g/mol. The lowest BCUT2D eigenvalue weighted by molar-refractivity contribution is -0.142. The number of fused-ring (bicyclic) bond motifs is 1. The van der Waals surface area contributed by atoms with E-state index in [1.54, 1.807) is 30.3 Å². The zero-order valence-electron chi connectivity index (χ0n) is 25.2. The second-order valence-corrected chi connectivity index (χ2v) is 11.6. The number of guanidine groups is 1. The van der Waals surface area contributed by atoms with Crippen LogP contribution in [0.3, 0.4) is 0 Å². The van der Waals surface area contributed by atoms with Crippen LogP contribution in [-0.4, -0.2) is 82.5 Å². The number of aliphatic imine (C=N–C) groups is 1. The van der Waals surface area contributed by atoms with Gasteiger partial charge in [-0.2, -0.15) is 11.8 Å². The molecule has 13 nitrogen and oxygen atoms in total. The molecule has 1 aromatic heterocycles. The van der Waals surface area contributed by atoms with E-state index in [0.717, 1.165) is 22.0 Å². The zero-order chi connectivity index (χ0) is 32.8. The minimum atomic E-state index is -1.23. The molecule has 0 aliphatic rings. The van der Waals surface area contributed by atoms with Crippen molar-refractivity contribution in [3.63, 3.8) is 0 Å². The van der Waals surface area contributed by atoms with E-state index < -0.39 is 47.9 Å². The molecule has 2 aromatic carbocycles. The number of hydrogen-bond acceptors (Lipinski definition) is 7. The number of rotatable bonds is 18. The van der Waals surface area contributed by atoms with Crippen LogP contribution in [0.1, 0.15) is 30.4 Å². The number of hydrogen-bond donors (Lipinski definition) is 8. The van der Waals surface area contributed by atoms with E-state index in [4.69, 9.17) is 17.2 Å².